The molecule has 1 aliphatic rings. The zero-order valence-electron chi connectivity index (χ0n) is 16.6. The van der Waals surface area contributed by atoms with Gasteiger partial charge in [-0.25, -0.2) is 0 Å². The Morgan fingerprint density at radius 2 is 1.67 bits per heavy atom. The summed E-state index contributed by atoms with van der Waals surface area (Å²) in [6.45, 7) is 2.56. The lowest BCUT2D eigenvalue weighted by molar-refractivity contribution is -0.113. The van der Waals surface area contributed by atoms with E-state index in [1.807, 2.05) is 73.7 Å². The molecular weight excluding hydrogens is 372 g/mol. The van der Waals surface area contributed by atoms with Gasteiger partial charge in [-0.15, -0.1) is 0 Å². The second-order valence-corrected chi connectivity index (χ2v) is 6.80. The third kappa shape index (κ3) is 3.87. The number of hydrogen-bond acceptors (Lipinski definition) is 3. The minimum atomic E-state index is -0.104. The van der Waals surface area contributed by atoms with Gasteiger partial charge in [0.1, 0.15) is 5.75 Å². The quantitative estimate of drug-likeness (QED) is 0.544. The van der Waals surface area contributed by atoms with E-state index in [0.29, 0.717) is 17.7 Å². The SMILES string of the molecule is CCOc1ccc(/C=C2\C=C(c3ccccc3)N(c3ccc(C#N)cc3)C2=O)cc1. The number of ether oxygens (including phenoxy) is 1. The second-order valence-electron chi connectivity index (χ2n) is 6.80. The minimum absolute atomic E-state index is 0.104. The van der Waals surface area contributed by atoms with E-state index in [-0.39, 0.29) is 5.91 Å². The lowest BCUT2D eigenvalue weighted by atomic mass is 10.1. The van der Waals surface area contributed by atoms with Gasteiger partial charge in [-0.3, -0.25) is 9.69 Å². The molecule has 0 atom stereocenters. The van der Waals surface area contributed by atoms with Crippen molar-refractivity contribution >= 4 is 23.4 Å². The van der Waals surface area contributed by atoms with Crippen molar-refractivity contribution in [2.24, 2.45) is 0 Å². The van der Waals surface area contributed by atoms with Crippen molar-refractivity contribution in [1.29, 1.82) is 5.26 Å². The van der Waals surface area contributed by atoms with E-state index in [1.54, 1.807) is 29.2 Å². The largest absolute Gasteiger partial charge is 0.494 e. The number of rotatable bonds is 5. The number of hydrogen-bond donors (Lipinski definition) is 0. The van der Waals surface area contributed by atoms with Gasteiger partial charge in [0.15, 0.2) is 0 Å². The smallest absolute Gasteiger partial charge is 0.262 e. The third-order valence-corrected chi connectivity index (χ3v) is 4.82. The number of anilines is 1. The van der Waals surface area contributed by atoms with E-state index in [2.05, 4.69) is 6.07 Å². The Bertz CT molecular complexity index is 1150. The average Bonchev–Trinajstić information content (AvgIpc) is 3.12. The van der Waals surface area contributed by atoms with E-state index in [0.717, 1.165) is 28.3 Å². The van der Waals surface area contributed by atoms with E-state index < -0.39 is 0 Å². The number of benzene rings is 3. The van der Waals surface area contributed by atoms with Crippen LogP contribution >= 0.6 is 0 Å². The number of nitriles is 1. The van der Waals surface area contributed by atoms with Crippen molar-refractivity contribution in [3.05, 3.63) is 107 Å². The van der Waals surface area contributed by atoms with Crippen molar-refractivity contribution in [2.45, 2.75) is 6.92 Å². The Hall–Kier alpha value is -4.10. The highest BCUT2D eigenvalue weighted by Gasteiger charge is 2.30. The highest BCUT2D eigenvalue weighted by molar-refractivity contribution is 6.23. The highest BCUT2D eigenvalue weighted by atomic mass is 16.5. The molecule has 4 rings (SSSR count). The average molecular weight is 392 g/mol. The maximum atomic E-state index is 13.3. The first-order valence-electron chi connectivity index (χ1n) is 9.76. The Morgan fingerprint density at radius 3 is 2.30 bits per heavy atom. The maximum absolute atomic E-state index is 13.3. The molecule has 4 nitrogen and oxygen atoms in total. The molecule has 3 aromatic carbocycles. The van der Waals surface area contributed by atoms with Gasteiger partial charge >= 0.3 is 0 Å². The standard InChI is InChI=1S/C26H20N2O2/c1-2-30-24-14-10-19(11-15-24)16-22-17-25(21-6-4-3-5-7-21)28(26(22)29)23-12-8-20(18-27)9-13-23/h3-17H,2H2,1H3/b22-16+. The first-order chi connectivity index (χ1) is 14.7. The molecule has 0 aromatic heterocycles. The summed E-state index contributed by atoms with van der Waals surface area (Å²) in [6.07, 6.45) is 3.79. The fourth-order valence-corrected chi connectivity index (χ4v) is 3.38. The first kappa shape index (κ1) is 19.2. The summed E-state index contributed by atoms with van der Waals surface area (Å²) in [7, 11) is 0. The molecule has 1 aliphatic heterocycles. The van der Waals surface area contributed by atoms with Gasteiger partial charge in [-0.2, -0.15) is 5.26 Å². The summed E-state index contributed by atoms with van der Waals surface area (Å²) in [6, 6.07) is 26.6. The Labute approximate surface area is 176 Å². The molecule has 0 radical (unpaired) electrons. The molecule has 0 spiro atoms. The topological polar surface area (TPSA) is 53.3 Å². The van der Waals surface area contributed by atoms with Crippen LogP contribution in [0.25, 0.3) is 11.8 Å². The van der Waals surface area contributed by atoms with Crippen LogP contribution in [-0.2, 0) is 4.79 Å². The summed E-state index contributed by atoms with van der Waals surface area (Å²) in [5.41, 5.74) is 4.56. The van der Waals surface area contributed by atoms with Crippen LogP contribution in [0.15, 0.2) is 90.5 Å². The van der Waals surface area contributed by atoms with Crippen LogP contribution in [-0.4, -0.2) is 12.5 Å². The third-order valence-electron chi connectivity index (χ3n) is 4.82. The first-order valence-corrected chi connectivity index (χ1v) is 9.76. The van der Waals surface area contributed by atoms with Gasteiger partial charge in [0, 0.05) is 11.3 Å². The molecule has 30 heavy (non-hydrogen) atoms. The molecule has 0 bridgehead atoms. The summed E-state index contributed by atoms with van der Waals surface area (Å²) < 4.78 is 5.49. The van der Waals surface area contributed by atoms with Crippen molar-refractivity contribution < 1.29 is 9.53 Å². The molecule has 0 saturated heterocycles. The molecule has 146 valence electrons. The number of carbonyl (C=O) groups excluding carboxylic acids is 1. The Balaban J connectivity index is 1.74. The molecule has 0 fully saturated rings. The van der Waals surface area contributed by atoms with Crippen LogP contribution in [0.1, 0.15) is 23.6 Å². The molecule has 4 heteroatoms. The fourth-order valence-electron chi connectivity index (χ4n) is 3.38. The number of nitrogens with zero attached hydrogens (tertiary/aromatic N) is 2. The van der Waals surface area contributed by atoms with Crippen molar-refractivity contribution in [2.75, 3.05) is 11.5 Å². The zero-order chi connectivity index (χ0) is 20.9. The Morgan fingerprint density at radius 1 is 0.967 bits per heavy atom. The molecule has 1 amide bonds. The molecule has 3 aromatic rings. The van der Waals surface area contributed by atoms with Crippen LogP contribution < -0.4 is 9.64 Å². The van der Waals surface area contributed by atoms with E-state index in [4.69, 9.17) is 10.00 Å². The van der Waals surface area contributed by atoms with Gasteiger partial charge in [0.05, 0.1) is 23.9 Å². The van der Waals surface area contributed by atoms with Crippen LogP contribution in [0.3, 0.4) is 0 Å². The normalized spacial score (nSPS) is 14.5. The summed E-state index contributed by atoms with van der Waals surface area (Å²) in [4.78, 5) is 15.0. The van der Waals surface area contributed by atoms with Gasteiger partial charge in [-0.1, -0.05) is 42.5 Å². The molecule has 1 heterocycles. The number of carbonyl (C=O) groups is 1. The van der Waals surface area contributed by atoms with Crippen molar-refractivity contribution in [3.8, 4) is 11.8 Å². The van der Waals surface area contributed by atoms with Crippen molar-refractivity contribution in [1.82, 2.24) is 0 Å². The lowest BCUT2D eigenvalue weighted by Crippen LogP contribution is -2.24. The summed E-state index contributed by atoms with van der Waals surface area (Å²) in [5, 5.41) is 9.08. The molecule has 0 aliphatic carbocycles. The number of amides is 1. The van der Waals surface area contributed by atoms with Crippen LogP contribution in [0.5, 0.6) is 5.75 Å². The van der Waals surface area contributed by atoms with Gasteiger partial charge < -0.3 is 4.74 Å². The predicted octanol–water partition coefficient (Wildman–Crippen LogP) is 5.43. The predicted molar refractivity (Wildman–Crippen MR) is 119 cm³/mol. The fraction of sp³-hybridized carbons (Fsp3) is 0.0769. The van der Waals surface area contributed by atoms with Crippen LogP contribution in [0.4, 0.5) is 5.69 Å². The lowest BCUT2D eigenvalue weighted by Gasteiger charge is -2.20. The van der Waals surface area contributed by atoms with Crippen LogP contribution in [0, 0.1) is 11.3 Å². The molecule has 0 saturated carbocycles. The van der Waals surface area contributed by atoms with E-state index in [9.17, 15) is 4.79 Å². The van der Waals surface area contributed by atoms with Gasteiger partial charge in [0.2, 0.25) is 0 Å². The molecular formula is C26H20N2O2. The van der Waals surface area contributed by atoms with Crippen molar-refractivity contribution in [3.63, 3.8) is 0 Å². The van der Waals surface area contributed by atoms with Gasteiger partial charge in [-0.05, 0) is 66.6 Å². The van der Waals surface area contributed by atoms with Gasteiger partial charge in [0.25, 0.3) is 5.91 Å². The Kier molecular flexibility index (Phi) is 5.45. The maximum Gasteiger partial charge on any atom is 0.262 e. The zero-order valence-corrected chi connectivity index (χ0v) is 16.6. The summed E-state index contributed by atoms with van der Waals surface area (Å²) >= 11 is 0. The molecule has 0 N–H and O–H groups in total. The van der Waals surface area contributed by atoms with Crippen LogP contribution in [0.2, 0.25) is 0 Å². The monoisotopic (exact) mass is 392 g/mol. The minimum Gasteiger partial charge on any atom is -0.494 e. The van der Waals surface area contributed by atoms with E-state index in [1.165, 1.54) is 0 Å². The van der Waals surface area contributed by atoms with E-state index >= 15 is 0 Å². The summed E-state index contributed by atoms with van der Waals surface area (Å²) in [5.74, 6) is 0.699. The second kappa shape index (κ2) is 8.50. The molecule has 0 unspecified atom stereocenters. The highest BCUT2D eigenvalue weighted by Crippen LogP contribution is 2.35.